The first kappa shape index (κ1) is 6.34. The number of nitrogens with zero attached hydrogens (tertiary/aromatic N) is 1. The molecule has 2 aliphatic rings. The van der Waals surface area contributed by atoms with Crippen molar-refractivity contribution in [3.63, 3.8) is 0 Å². The lowest BCUT2D eigenvalue weighted by molar-refractivity contribution is -0.131. The third kappa shape index (κ3) is 1.09. The topological polar surface area (TPSA) is 37.1 Å². The molecule has 1 heterocycles. The molecule has 1 aliphatic heterocycles. The lowest BCUT2D eigenvalue weighted by Gasteiger charge is -2.05. The average molecular weight is 149 g/mol. The Morgan fingerprint density at radius 1 is 1.09 bits per heavy atom. The summed E-state index contributed by atoms with van der Waals surface area (Å²) >= 11 is 0. The molecule has 1 aliphatic carbocycles. The van der Waals surface area contributed by atoms with Crippen LogP contribution in [0.15, 0.2) is 23.9 Å². The van der Waals surface area contributed by atoms with Crippen LogP contribution in [-0.2, 0) is 9.59 Å². The first-order chi connectivity index (χ1) is 5.27. The number of hydrogen-bond acceptors (Lipinski definition) is 3. The Hall–Kier alpha value is -1.38. The third-order valence-corrected chi connectivity index (χ3v) is 1.74. The Labute approximate surface area is 64.0 Å². The van der Waals surface area contributed by atoms with Gasteiger partial charge in [-0.2, -0.15) is 0 Å². The molecule has 1 saturated heterocycles. The van der Waals surface area contributed by atoms with Gasteiger partial charge in [0.05, 0.1) is 0 Å². The minimum absolute atomic E-state index is 0.408. The first-order valence-electron chi connectivity index (χ1n) is 3.50. The molecule has 0 unspecified atom stereocenters. The van der Waals surface area contributed by atoms with Gasteiger partial charge in [0.1, 0.15) is 0 Å². The highest BCUT2D eigenvalue weighted by Gasteiger charge is 2.23. The van der Waals surface area contributed by atoms with Gasteiger partial charge in [-0.1, -0.05) is 0 Å². The number of allylic oxidation sites excluding steroid dienone is 3. The SMILES string of the molecule is O=C1C=CC(N2CC2)=CC1=O. The van der Waals surface area contributed by atoms with Crippen LogP contribution in [0.4, 0.5) is 0 Å². The van der Waals surface area contributed by atoms with Crippen molar-refractivity contribution in [2.24, 2.45) is 0 Å². The Kier molecular flexibility index (Phi) is 1.18. The summed E-state index contributed by atoms with van der Waals surface area (Å²) in [5.74, 6) is -0.829. The van der Waals surface area contributed by atoms with E-state index in [1.165, 1.54) is 12.2 Å². The smallest absolute Gasteiger partial charge is 0.227 e. The molecule has 0 spiro atoms. The molecule has 11 heavy (non-hydrogen) atoms. The zero-order valence-corrected chi connectivity index (χ0v) is 5.91. The fourth-order valence-corrected chi connectivity index (χ4v) is 1.00. The van der Waals surface area contributed by atoms with Crippen molar-refractivity contribution < 1.29 is 9.59 Å². The van der Waals surface area contributed by atoms with E-state index in [2.05, 4.69) is 0 Å². The van der Waals surface area contributed by atoms with Crippen LogP contribution in [-0.4, -0.2) is 29.6 Å². The fraction of sp³-hybridized carbons (Fsp3) is 0.250. The molecule has 0 aromatic heterocycles. The predicted molar refractivity (Wildman–Crippen MR) is 38.8 cm³/mol. The van der Waals surface area contributed by atoms with Gasteiger partial charge in [0, 0.05) is 24.9 Å². The van der Waals surface area contributed by atoms with Crippen LogP contribution in [0.25, 0.3) is 0 Å². The molecule has 0 radical (unpaired) electrons. The largest absolute Gasteiger partial charge is 0.368 e. The number of rotatable bonds is 1. The molecular weight excluding hydrogens is 142 g/mol. The minimum atomic E-state index is -0.421. The first-order valence-corrected chi connectivity index (χ1v) is 3.50. The second kappa shape index (κ2) is 2.05. The van der Waals surface area contributed by atoms with Crippen LogP contribution in [0.3, 0.4) is 0 Å². The molecule has 3 heteroatoms. The van der Waals surface area contributed by atoms with E-state index >= 15 is 0 Å². The number of carbonyl (C=O) groups is 2. The van der Waals surface area contributed by atoms with E-state index in [4.69, 9.17) is 0 Å². The summed E-state index contributed by atoms with van der Waals surface area (Å²) in [5, 5.41) is 0. The van der Waals surface area contributed by atoms with E-state index in [0.29, 0.717) is 0 Å². The van der Waals surface area contributed by atoms with E-state index in [1.54, 1.807) is 6.08 Å². The van der Waals surface area contributed by atoms with Gasteiger partial charge in [-0.25, -0.2) is 0 Å². The van der Waals surface area contributed by atoms with Crippen molar-refractivity contribution in [3.8, 4) is 0 Å². The summed E-state index contributed by atoms with van der Waals surface area (Å²) in [6.45, 7) is 2.00. The number of carbonyl (C=O) groups excluding carboxylic acids is 2. The van der Waals surface area contributed by atoms with Crippen molar-refractivity contribution in [1.29, 1.82) is 0 Å². The summed E-state index contributed by atoms with van der Waals surface area (Å²) in [5.41, 5.74) is 0.870. The summed E-state index contributed by atoms with van der Waals surface area (Å²) in [6.07, 6.45) is 4.42. The van der Waals surface area contributed by atoms with Gasteiger partial charge in [-0.05, 0) is 12.2 Å². The molecule has 0 aromatic carbocycles. The highest BCUT2D eigenvalue weighted by molar-refractivity contribution is 6.46. The third-order valence-electron chi connectivity index (χ3n) is 1.74. The lowest BCUT2D eigenvalue weighted by Crippen LogP contribution is -2.14. The van der Waals surface area contributed by atoms with Crippen molar-refractivity contribution >= 4 is 11.6 Å². The van der Waals surface area contributed by atoms with Gasteiger partial charge in [0.25, 0.3) is 0 Å². The molecule has 56 valence electrons. The van der Waals surface area contributed by atoms with E-state index < -0.39 is 11.6 Å². The fourth-order valence-electron chi connectivity index (χ4n) is 1.00. The maximum absolute atomic E-state index is 10.8. The Balaban J connectivity index is 2.24. The summed E-state index contributed by atoms with van der Waals surface area (Å²) in [6, 6.07) is 0. The second-order valence-corrected chi connectivity index (χ2v) is 2.62. The Morgan fingerprint density at radius 3 is 2.36 bits per heavy atom. The molecule has 0 saturated carbocycles. The monoisotopic (exact) mass is 149 g/mol. The maximum Gasteiger partial charge on any atom is 0.227 e. The standard InChI is InChI=1S/C8H7NO2/c10-7-2-1-6(5-8(7)11)9-3-4-9/h1-2,5H,3-4H2. The van der Waals surface area contributed by atoms with Crippen LogP contribution in [0.1, 0.15) is 0 Å². The number of hydrogen-bond donors (Lipinski definition) is 0. The van der Waals surface area contributed by atoms with Gasteiger partial charge in [0.2, 0.25) is 11.6 Å². The van der Waals surface area contributed by atoms with Crippen LogP contribution >= 0.6 is 0 Å². The van der Waals surface area contributed by atoms with Gasteiger partial charge in [0.15, 0.2) is 0 Å². The normalized spacial score (nSPS) is 22.2. The highest BCUT2D eigenvalue weighted by atomic mass is 16.2. The van der Waals surface area contributed by atoms with Crippen molar-refractivity contribution in [2.75, 3.05) is 13.1 Å². The summed E-state index contributed by atoms with van der Waals surface area (Å²) in [4.78, 5) is 23.5. The molecule has 1 fully saturated rings. The molecule has 0 aromatic rings. The Bertz CT molecular complexity index is 284. The molecule has 2 rings (SSSR count). The van der Waals surface area contributed by atoms with Gasteiger partial charge in [-0.15, -0.1) is 0 Å². The zero-order valence-electron chi connectivity index (χ0n) is 5.91. The molecule has 3 nitrogen and oxygen atoms in total. The van der Waals surface area contributed by atoms with E-state index in [-0.39, 0.29) is 0 Å². The molecule has 0 bridgehead atoms. The number of ketones is 2. The van der Waals surface area contributed by atoms with E-state index in [0.717, 1.165) is 18.8 Å². The van der Waals surface area contributed by atoms with Crippen molar-refractivity contribution in [1.82, 2.24) is 4.90 Å². The molecule has 0 amide bonds. The molecular formula is C8H7NO2. The predicted octanol–water partition coefficient (Wildman–Crippen LogP) is -0.106. The second-order valence-electron chi connectivity index (χ2n) is 2.62. The quantitative estimate of drug-likeness (QED) is 0.296. The van der Waals surface area contributed by atoms with Crippen LogP contribution in [0, 0.1) is 0 Å². The van der Waals surface area contributed by atoms with Gasteiger partial charge >= 0.3 is 0 Å². The molecule has 0 N–H and O–H groups in total. The van der Waals surface area contributed by atoms with Crippen molar-refractivity contribution in [3.05, 3.63) is 23.9 Å². The average Bonchev–Trinajstić information content (AvgIpc) is 2.77. The van der Waals surface area contributed by atoms with Crippen LogP contribution in [0.5, 0.6) is 0 Å². The summed E-state index contributed by atoms with van der Waals surface area (Å²) in [7, 11) is 0. The summed E-state index contributed by atoms with van der Waals surface area (Å²) < 4.78 is 0. The minimum Gasteiger partial charge on any atom is -0.368 e. The van der Waals surface area contributed by atoms with Gasteiger partial charge < -0.3 is 4.90 Å². The van der Waals surface area contributed by atoms with E-state index in [9.17, 15) is 9.59 Å². The van der Waals surface area contributed by atoms with Crippen LogP contribution in [0.2, 0.25) is 0 Å². The van der Waals surface area contributed by atoms with Crippen molar-refractivity contribution in [2.45, 2.75) is 0 Å². The molecule has 0 atom stereocenters. The zero-order chi connectivity index (χ0) is 7.84. The van der Waals surface area contributed by atoms with Crippen LogP contribution < -0.4 is 0 Å². The maximum atomic E-state index is 10.8. The Morgan fingerprint density at radius 2 is 1.82 bits per heavy atom. The van der Waals surface area contributed by atoms with Gasteiger partial charge in [-0.3, -0.25) is 9.59 Å². The lowest BCUT2D eigenvalue weighted by atomic mass is 10.1. The highest BCUT2D eigenvalue weighted by Crippen LogP contribution is 2.17. The van der Waals surface area contributed by atoms with E-state index in [1.807, 2.05) is 4.90 Å².